The molecule has 0 spiro atoms. The molecule has 0 unspecified atom stereocenters. The average molecular weight is 416 g/mol. The number of hydrogen-bond acceptors (Lipinski definition) is 6. The van der Waals surface area contributed by atoms with Gasteiger partial charge in [0.05, 0.1) is 12.1 Å². The molecule has 2 aliphatic heterocycles. The monoisotopic (exact) mass is 416 g/mol. The first kappa shape index (κ1) is 19.5. The number of hydrogen-bond donors (Lipinski definition) is 1. The van der Waals surface area contributed by atoms with E-state index in [1.165, 1.54) is 0 Å². The minimum Gasteiger partial charge on any atom is -0.457 e. The van der Waals surface area contributed by atoms with Crippen molar-refractivity contribution in [2.75, 3.05) is 43.4 Å². The molecule has 7 nitrogen and oxygen atoms in total. The normalized spacial score (nSPS) is 16.5. The Hall–Kier alpha value is -3.45. The third kappa shape index (κ3) is 3.84. The van der Waals surface area contributed by atoms with Crippen LogP contribution in [-0.2, 0) is 22.6 Å². The van der Waals surface area contributed by atoms with Gasteiger partial charge in [0.2, 0.25) is 5.91 Å². The van der Waals surface area contributed by atoms with Crippen LogP contribution >= 0.6 is 0 Å². The first-order chi connectivity index (χ1) is 15.1. The summed E-state index contributed by atoms with van der Waals surface area (Å²) in [5.74, 6) is 0.531. The maximum atomic E-state index is 12.8. The van der Waals surface area contributed by atoms with Crippen molar-refractivity contribution in [1.82, 2.24) is 9.88 Å². The molecule has 3 aromatic rings. The largest absolute Gasteiger partial charge is 0.457 e. The summed E-state index contributed by atoms with van der Waals surface area (Å²) >= 11 is 0. The zero-order chi connectivity index (χ0) is 21.4. The third-order valence-corrected chi connectivity index (χ3v) is 6.04. The number of piperazine rings is 1. The molecule has 2 aliphatic rings. The number of aromatic nitrogens is 1. The highest BCUT2D eigenvalue weighted by Crippen LogP contribution is 2.24. The van der Waals surface area contributed by atoms with Crippen LogP contribution in [0, 0.1) is 0 Å². The summed E-state index contributed by atoms with van der Waals surface area (Å²) in [5.41, 5.74) is 3.81. The van der Waals surface area contributed by atoms with Crippen LogP contribution in [0.4, 0.5) is 11.5 Å². The summed E-state index contributed by atoms with van der Waals surface area (Å²) in [6.45, 7) is 2.96. The lowest BCUT2D eigenvalue weighted by atomic mass is 10.0. The van der Waals surface area contributed by atoms with Gasteiger partial charge in [-0.15, -0.1) is 0 Å². The van der Waals surface area contributed by atoms with Gasteiger partial charge < -0.3 is 10.1 Å². The summed E-state index contributed by atoms with van der Waals surface area (Å²) in [6.07, 6.45) is 2.66. The van der Waals surface area contributed by atoms with Crippen molar-refractivity contribution < 1.29 is 14.3 Å². The van der Waals surface area contributed by atoms with Crippen LogP contribution in [0.2, 0.25) is 0 Å². The highest BCUT2D eigenvalue weighted by molar-refractivity contribution is 5.97. The van der Waals surface area contributed by atoms with Crippen LogP contribution in [-0.4, -0.2) is 55.0 Å². The Kier molecular flexibility index (Phi) is 5.03. The van der Waals surface area contributed by atoms with Crippen molar-refractivity contribution in [1.29, 1.82) is 0 Å². The third-order valence-electron chi connectivity index (χ3n) is 6.04. The molecule has 2 aromatic carbocycles. The molecule has 7 heteroatoms. The summed E-state index contributed by atoms with van der Waals surface area (Å²) in [7, 11) is 1.89. The van der Waals surface area contributed by atoms with Crippen LogP contribution in [0.5, 0.6) is 0 Å². The fraction of sp³-hybridized carbons (Fsp3) is 0.292. The topological polar surface area (TPSA) is 74.8 Å². The maximum absolute atomic E-state index is 12.8. The average Bonchev–Trinajstić information content (AvgIpc) is 3.17. The highest BCUT2D eigenvalue weighted by atomic mass is 16.5. The molecule has 0 atom stereocenters. The van der Waals surface area contributed by atoms with E-state index in [0.717, 1.165) is 47.1 Å². The summed E-state index contributed by atoms with van der Waals surface area (Å²) in [5, 5.41) is 5.24. The van der Waals surface area contributed by atoms with Gasteiger partial charge >= 0.3 is 5.97 Å². The zero-order valence-electron chi connectivity index (χ0n) is 17.4. The van der Waals surface area contributed by atoms with Crippen LogP contribution in [0.3, 0.4) is 0 Å². The van der Waals surface area contributed by atoms with Gasteiger partial charge in [0.15, 0.2) is 0 Å². The minimum absolute atomic E-state index is 0.0675. The van der Waals surface area contributed by atoms with Gasteiger partial charge in [0.25, 0.3) is 0 Å². The van der Waals surface area contributed by atoms with Gasteiger partial charge in [-0.3, -0.25) is 14.6 Å². The van der Waals surface area contributed by atoms with Gasteiger partial charge in [0.1, 0.15) is 12.4 Å². The number of anilines is 2. The molecule has 1 N–H and O–H groups in total. The molecule has 5 rings (SSSR count). The molecule has 0 saturated carbocycles. The summed E-state index contributed by atoms with van der Waals surface area (Å²) in [4.78, 5) is 32.9. The second-order valence-corrected chi connectivity index (χ2v) is 7.99. The number of nitrogens with one attached hydrogen (secondary N) is 1. The van der Waals surface area contributed by atoms with Crippen LogP contribution < -0.4 is 10.2 Å². The van der Waals surface area contributed by atoms with Crippen molar-refractivity contribution in [2.45, 2.75) is 13.0 Å². The molecule has 0 bridgehead atoms. The Morgan fingerprint density at radius 1 is 1.06 bits per heavy atom. The summed E-state index contributed by atoms with van der Waals surface area (Å²) < 4.78 is 5.07. The Bertz CT molecular complexity index is 1180. The Balaban J connectivity index is 1.22. The van der Waals surface area contributed by atoms with Crippen LogP contribution in [0.15, 0.2) is 48.7 Å². The number of esters is 1. The minimum atomic E-state index is -0.243. The van der Waals surface area contributed by atoms with Crippen molar-refractivity contribution in [3.63, 3.8) is 0 Å². The van der Waals surface area contributed by atoms with E-state index in [1.54, 1.807) is 4.90 Å². The molecular formula is C24H24N4O3. The van der Waals surface area contributed by atoms with E-state index in [9.17, 15) is 9.59 Å². The quantitative estimate of drug-likeness (QED) is 0.645. The van der Waals surface area contributed by atoms with E-state index in [4.69, 9.17) is 4.74 Å². The lowest BCUT2D eigenvalue weighted by Crippen LogP contribution is -2.51. The molecule has 31 heavy (non-hydrogen) atoms. The molecule has 158 valence electrons. The fourth-order valence-electron chi connectivity index (χ4n) is 4.22. The summed E-state index contributed by atoms with van der Waals surface area (Å²) in [6, 6.07) is 13.9. The van der Waals surface area contributed by atoms with Gasteiger partial charge in [-0.2, -0.15) is 0 Å². The Labute approximate surface area is 180 Å². The van der Waals surface area contributed by atoms with Crippen LogP contribution in [0.25, 0.3) is 10.8 Å². The fourth-order valence-corrected chi connectivity index (χ4v) is 4.22. The number of carbonyl (C=O) groups is 2. The SMILES string of the molecule is CNc1ccc2cc(N3CCN(CCc4ccc5c(c4)COC5=O)CC3=O)ncc2c1. The second-order valence-electron chi connectivity index (χ2n) is 7.99. The van der Waals surface area contributed by atoms with E-state index in [2.05, 4.69) is 15.2 Å². The number of pyridine rings is 1. The van der Waals surface area contributed by atoms with Gasteiger partial charge in [-0.1, -0.05) is 18.2 Å². The maximum Gasteiger partial charge on any atom is 0.338 e. The molecule has 1 fully saturated rings. The second kappa shape index (κ2) is 8.00. The Morgan fingerprint density at radius 2 is 1.97 bits per heavy atom. The van der Waals surface area contributed by atoms with Crippen molar-refractivity contribution in [3.8, 4) is 0 Å². The van der Waals surface area contributed by atoms with Gasteiger partial charge in [-0.05, 0) is 41.6 Å². The number of ether oxygens (including phenoxy) is 1. The number of benzene rings is 2. The van der Waals surface area contributed by atoms with Crippen molar-refractivity contribution >= 4 is 34.2 Å². The standard InChI is InChI=1S/C24H24N4O3/c1-25-20-4-3-17-12-22(26-13-18(17)11-20)28-9-8-27(14-23(28)29)7-6-16-2-5-21-19(10-16)15-31-24(21)30/h2-5,10-13,25H,6-9,14-15H2,1H3. The van der Waals surface area contributed by atoms with E-state index in [1.807, 2.05) is 55.7 Å². The van der Waals surface area contributed by atoms with Crippen LogP contribution in [0.1, 0.15) is 21.5 Å². The van der Waals surface area contributed by atoms with E-state index in [-0.39, 0.29) is 11.9 Å². The Morgan fingerprint density at radius 3 is 2.81 bits per heavy atom. The highest BCUT2D eigenvalue weighted by Gasteiger charge is 2.26. The molecule has 0 aliphatic carbocycles. The van der Waals surface area contributed by atoms with Gasteiger partial charge in [0, 0.05) is 49.5 Å². The number of rotatable bonds is 5. The predicted molar refractivity (Wildman–Crippen MR) is 119 cm³/mol. The number of fused-ring (bicyclic) bond motifs is 2. The molecule has 1 amide bonds. The molecule has 0 radical (unpaired) electrons. The van der Waals surface area contributed by atoms with E-state index < -0.39 is 0 Å². The number of cyclic esters (lactones) is 1. The smallest absolute Gasteiger partial charge is 0.338 e. The van der Waals surface area contributed by atoms with E-state index >= 15 is 0 Å². The number of amides is 1. The molecule has 3 heterocycles. The van der Waals surface area contributed by atoms with Crippen molar-refractivity contribution in [2.24, 2.45) is 0 Å². The van der Waals surface area contributed by atoms with Gasteiger partial charge in [-0.25, -0.2) is 9.78 Å². The molecular weight excluding hydrogens is 392 g/mol. The predicted octanol–water partition coefficient (Wildman–Crippen LogP) is 2.84. The van der Waals surface area contributed by atoms with E-state index in [0.29, 0.717) is 31.1 Å². The number of nitrogens with zero attached hydrogens (tertiary/aromatic N) is 3. The number of carbonyl (C=O) groups excluding carboxylic acids is 2. The first-order valence-corrected chi connectivity index (χ1v) is 10.5. The lowest BCUT2D eigenvalue weighted by molar-refractivity contribution is -0.121. The first-order valence-electron chi connectivity index (χ1n) is 10.5. The van der Waals surface area contributed by atoms with Crippen molar-refractivity contribution in [3.05, 3.63) is 65.4 Å². The molecule has 1 saturated heterocycles. The zero-order valence-corrected chi connectivity index (χ0v) is 17.4. The molecule has 1 aromatic heterocycles. The lowest BCUT2D eigenvalue weighted by Gasteiger charge is -2.33.